The third kappa shape index (κ3) is 2.58. The molecule has 4 heteroatoms. The average molecular weight is 209 g/mol. The van der Waals surface area contributed by atoms with Crippen LogP contribution in [-0.2, 0) is 13.6 Å². The summed E-state index contributed by atoms with van der Waals surface area (Å²) < 4.78 is 1.83. The molecule has 0 radical (unpaired) electrons. The molecule has 0 aromatic carbocycles. The van der Waals surface area contributed by atoms with Gasteiger partial charge in [-0.25, -0.2) is 0 Å². The largest absolute Gasteiger partial charge is 0.393 e. The first kappa shape index (κ1) is 10.6. The van der Waals surface area contributed by atoms with Crippen molar-refractivity contribution < 1.29 is 5.11 Å². The Hall–Kier alpha value is -0.870. The number of aliphatic hydroxyl groups excluding tert-OH is 1. The van der Waals surface area contributed by atoms with Gasteiger partial charge in [0.05, 0.1) is 11.8 Å². The smallest absolute Gasteiger partial charge is 0.0764 e. The van der Waals surface area contributed by atoms with E-state index in [2.05, 4.69) is 16.1 Å². The highest BCUT2D eigenvalue weighted by atomic mass is 16.3. The highest BCUT2D eigenvalue weighted by Gasteiger charge is 2.25. The summed E-state index contributed by atoms with van der Waals surface area (Å²) in [5, 5.41) is 13.9. The van der Waals surface area contributed by atoms with E-state index < -0.39 is 0 Å². The maximum Gasteiger partial charge on any atom is 0.0764 e. The fourth-order valence-electron chi connectivity index (χ4n) is 2.18. The molecule has 2 atom stereocenters. The fourth-order valence-corrected chi connectivity index (χ4v) is 2.18. The third-order valence-corrected chi connectivity index (χ3v) is 3.15. The zero-order valence-corrected chi connectivity index (χ0v) is 9.43. The van der Waals surface area contributed by atoms with Crippen molar-refractivity contribution in [3.63, 3.8) is 0 Å². The van der Waals surface area contributed by atoms with Crippen molar-refractivity contribution in [1.82, 2.24) is 14.7 Å². The molecule has 84 valence electrons. The van der Waals surface area contributed by atoms with E-state index in [9.17, 15) is 5.11 Å². The van der Waals surface area contributed by atoms with Gasteiger partial charge in [-0.3, -0.25) is 9.58 Å². The Morgan fingerprint density at radius 2 is 2.47 bits per heavy atom. The second-order valence-electron chi connectivity index (χ2n) is 4.51. The second kappa shape index (κ2) is 4.33. The van der Waals surface area contributed by atoms with Gasteiger partial charge in [-0.1, -0.05) is 0 Å². The minimum Gasteiger partial charge on any atom is -0.393 e. The summed E-state index contributed by atoms with van der Waals surface area (Å²) in [7, 11) is 1.94. The minimum absolute atomic E-state index is 0.182. The van der Waals surface area contributed by atoms with Crippen LogP contribution in [0.5, 0.6) is 0 Å². The Morgan fingerprint density at radius 3 is 3.00 bits per heavy atom. The Balaban J connectivity index is 1.87. The van der Waals surface area contributed by atoms with Gasteiger partial charge in [0.15, 0.2) is 0 Å². The molecular formula is C11H19N3O. The number of hydrogen-bond acceptors (Lipinski definition) is 3. The molecule has 0 spiro atoms. The normalized spacial score (nSPS) is 24.6. The van der Waals surface area contributed by atoms with Crippen molar-refractivity contribution in [3.05, 3.63) is 18.0 Å². The number of nitrogens with zero attached hydrogens (tertiary/aromatic N) is 3. The monoisotopic (exact) mass is 209 g/mol. The van der Waals surface area contributed by atoms with Gasteiger partial charge in [-0.15, -0.1) is 0 Å². The predicted octanol–water partition coefficient (Wildman–Crippen LogP) is 0.623. The maximum atomic E-state index is 9.49. The lowest BCUT2D eigenvalue weighted by Crippen LogP contribution is -2.24. The first-order chi connectivity index (χ1) is 7.15. The molecule has 2 heterocycles. The van der Waals surface area contributed by atoms with Crippen LogP contribution in [0, 0.1) is 5.92 Å². The first-order valence-electron chi connectivity index (χ1n) is 5.54. The van der Waals surface area contributed by atoms with Crippen molar-refractivity contribution in [3.8, 4) is 0 Å². The van der Waals surface area contributed by atoms with Gasteiger partial charge in [-0.2, -0.15) is 5.10 Å². The van der Waals surface area contributed by atoms with E-state index in [0.29, 0.717) is 5.92 Å². The lowest BCUT2D eigenvalue weighted by molar-refractivity contribution is 0.127. The molecule has 0 bridgehead atoms. The molecule has 2 unspecified atom stereocenters. The van der Waals surface area contributed by atoms with Crippen LogP contribution in [-0.4, -0.2) is 39.0 Å². The lowest BCUT2D eigenvalue weighted by Gasteiger charge is -2.15. The van der Waals surface area contributed by atoms with Crippen LogP contribution in [0.3, 0.4) is 0 Å². The standard InChI is InChI=1S/C11H19N3O/c1-9(15)10-3-6-14(7-10)8-11-4-5-13(2)12-11/h4-5,9-10,15H,3,6-8H2,1-2H3. The van der Waals surface area contributed by atoms with Gasteiger partial charge in [0.1, 0.15) is 0 Å². The summed E-state index contributed by atoms with van der Waals surface area (Å²) >= 11 is 0. The lowest BCUT2D eigenvalue weighted by atomic mass is 10.0. The molecular weight excluding hydrogens is 190 g/mol. The van der Waals surface area contributed by atoms with Crippen LogP contribution in [0.15, 0.2) is 12.3 Å². The molecule has 1 N–H and O–H groups in total. The fraction of sp³-hybridized carbons (Fsp3) is 0.727. The molecule has 15 heavy (non-hydrogen) atoms. The van der Waals surface area contributed by atoms with Crippen molar-refractivity contribution in [2.45, 2.75) is 26.0 Å². The zero-order chi connectivity index (χ0) is 10.8. The van der Waals surface area contributed by atoms with Crippen LogP contribution in [0.1, 0.15) is 19.0 Å². The Labute approximate surface area is 90.5 Å². The number of aromatic nitrogens is 2. The summed E-state index contributed by atoms with van der Waals surface area (Å²) in [4.78, 5) is 2.36. The van der Waals surface area contributed by atoms with Crippen molar-refractivity contribution in [2.75, 3.05) is 13.1 Å². The van der Waals surface area contributed by atoms with Crippen LogP contribution >= 0.6 is 0 Å². The van der Waals surface area contributed by atoms with Gasteiger partial charge in [0.2, 0.25) is 0 Å². The molecule has 2 rings (SSSR count). The topological polar surface area (TPSA) is 41.3 Å². The number of aryl methyl sites for hydroxylation is 1. The Kier molecular flexibility index (Phi) is 3.07. The zero-order valence-electron chi connectivity index (χ0n) is 9.43. The van der Waals surface area contributed by atoms with Gasteiger partial charge in [0, 0.05) is 26.3 Å². The SMILES string of the molecule is CC(O)C1CCN(Cc2ccn(C)n2)C1. The number of hydrogen-bond donors (Lipinski definition) is 1. The molecule has 1 saturated heterocycles. The molecule has 1 aromatic rings. The van der Waals surface area contributed by atoms with E-state index in [1.165, 1.54) is 0 Å². The molecule has 0 amide bonds. The van der Waals surface area contributed by atoms with E-state index in [0.717, 1.165) is 31.7 Å². The number of rotatable bonds is 3. The van der Waals surface area contributed by atoms with Crippen molar-refractivity contribution in [1.29, 1.82) is 0 Å². The summed E-state index contributed by atoms with van der Waals surface area (Å²) in [5.74, 6) is 0.439. The number of aliphatic hydroxyl groups is 1. The van der Waals surface area contributed by atoms with Crippen LogP contribution in [0.4, 0.5) is 0 Å². The molecule has 1 aliphatic rings. The van der Waals surface area contributed by atoms with E-state index in [1.54, 1.807) is 0 Å². The van der Waals surface area contributed by atoms with E-state index >= 15 is 0 Å². The highest BCUT2D eigenvalue weighted by molar-refractivity contribution is 4.99. The van der Waals surface area contributed by atoms with Gasteiger partial charge >= 0.3 is 0 Å². The summed E-state index contributed by atoms with van der Waals surface area (Å²) in [5.41, 5.74) is 1.11. The van der Waals surface area contributed by atoms with Crippen LogP contribution < -0.4 is 0 Å². The third-order valence-electron chi connectivity index (χ3n) is 3.15. The van der Waals surface area contributed by atoms with Crippen molar-refractivity contribution in [2.24, 2.45) is 13.0 Å². The van der Waals surface area contributed by atoms with Crippen molar-refractivity contribution >= 4 is 0 Å². The molecule has 0 aliphatic carbocycles. The Morgan fingerprint density at radius 1 is 1.67 bits per heavy atom. The van der Waals surface area contributed by atoms with E-state index in [4.69, 9.17) is 0 Å². The molecule has 0 saturated carbocycles. The summed E-state index contributed by atoms with van der Waals surface area (Å²) in [6.45, 7) is 4.86. The molecule has 1 fully saturated rings. The minimum atomic E-state index is -0.182. The molecule has 4 nitrogen and oxygen atoms in total. The van der Waals surface area contributed by atoms with Crippen LogP contribution in [0.2, 0.25) is 0 Å². The highest BCUT2D eigenvalue weighted by Crippen LogP contribution is 2.20. The first-order valence-corrected chi connectivity index (χ1v) is 5.54. The number of likely N-dealkylation sites (tertiary alicyclic amines) is 1. The average Bonchev–Trinajstić information content (AvgIpc) is 2.76. The van der Waals surface area contributed by atoms with Gasteiger partial charge in [0.25, 0.3) is 0 Å². The van der Waals surface area contributed by atoms with Gasteiger partial charge in [-0.05, 0) is 31.9 Å². The summed E-state index contributed by atoms with van der Waals surface area (Å²) in [6.07, 6.45) is 2.89. The second-order valence-corrected chi connectivity index (χ2v) is 4.51. The maximum absolute atomic E-state index is 9.49. The molecule has 1 aromatic heterocycles. The van der Waals surface area contributed by atoms with Gasteiger partial charge < -0.3 is 5.11 Å². The molecule has 1 aliphatic heterocycles. The predicted molar refractivity (Wildman–Crippen MR) is 58.3 cm³/mol. The van der Waals surface area contributed by atoms with E-state index in [1.807, 2.05) is 24.9 Å². The quantitative estimate of drug-likeness (QED) is 0.793. The van der Waals surface area contributed by atoms with Crippen LogP contribution in [0.25, 0.3) is 0 Å². The van der Waals surface area contributed by atoms with E-state index in [-0.39, 0.29) is 6.10 Å². The summed E-state index contributed by atoms with van der Waals surface area (Å²) in [6, 6.07) is 2.05. The Bertz CT molecular complexity index is 321.